The maximum atomic E-state index is 13.6. The molecule has 122 valence electrons. The zero-order valence-electron chi connectivity index (χ0n) is 12.7. The Morgan fingerprint density at radius 2 is 1.86 bits per heavy atom. The Morgan fingerprint density at radius 3 is 2.59 bits per heavy atom. The van der Waals surface area contributed by atoms with Gasteiger partial charge in [0, 0.05) is 26.2 Å². The molecule has 0 radical (unpaired) electrons. The van der Waals surface area contributed by atoms with Gasteiger partial charge in [-0.1, -0.05) is 18.2 Å². The van der Waals surface area contributed by atoms with E-state index in [0.717, 1.165) is 19.4 Å². The summed E-state index contributed by atoms with van der Waals surface area (Å²) in [5.74, 6) is -0.178. The fourth-order valence-corrected chi connectivity index (χ4v) is 5.37. The van der Waals surface area contributed by atoms with E-state index in [4.69, 9.17) is 0 Å². The maximum absolute atomic E-state index is 13.6. The topological polar surface area (TPSA) is 40.6 Å². The van der Waals surface area contributed by atoms with Crippen molar-refractivity contribution in [2.24, 2.45) is 0 Å². The molecular formula is C16H23FN2O2S. The molecule has 0 saturated carbocycles. The van der Waals surface area contributed by atoms with E-state index >= 15 is 0 Å². The Hall–Kier alpha value is -0.980. The first-order valence-corrected chi connectivity index (χ1v) is 9.52. The molecule has 2 aliphatic heterocycles. The smallest absolute Gasteiger partial charge is 0.218 e. The molecule has 1 unspecified atom stereocenters. The number of rotatable bonds is 5. The predicted octanol–water partition coefficient (Wildman–Crippen LogP) is 1.87. The number of sulfonamides is 1. The van der Waals surface area contributed by atoms with Crippen LogP contribution in [0, 0.1) is 5.82 Å². The normalized spacial score (nSPS) is 24.1. The molecule has 1 aromatic carbocycles. The number of hydrogen-bond acceptors (Lipinski definition) is 3. The fraction of sp³-hybridized carbons (Fsp3) is 0.625. The van der Waals surface area contributed by atoms with Gasteiger partial charge in [0.2, 0.25) is 10.0 Å². The van der Waals surface area contributed by atoms with Gasteiger partial charge >= 0.3 is 0 Å². The molecule has 22 heavy (non-hydrogen) atoms. The first-order valence-electron chi connectivity index (χ1n) is 8.02. The lowest BCUT2D eigenvalue weighted by Gasteiger charge is -2.21. The minimum Gasteiger partial charge on any atom is -0.302 e. The molecule has 4 nitrogen and oxygen atoms in total. The highest BCUT2D eigenvalue weighted by Crippen LogP contribution is 2.24. The van der Waals surface area contributed by atoms with Crippen LogP contribution >= 0.6 is 0 Å². The zero-order valence-corrected chi connectivity index (χ0v) is 13.6. The summed E-state index contributed by atoms with van der Waals surface area (Å²) in [7, 11) is -3.14. The standard InChI is InChI=1S/C16H23FN2O2S/c17-16-6-2-1-5-14(16)7-11-18-12-8-15(13-18)22(20,21)19-9-3-4-10-19/h1-2,5-6,15H,3-4,7-13H2. The van der Waals surface area contributed by atoms with Crippen LogP contribution in [0.2, 0.25) is 0 Å². The minimum absolute atomic E-state index is 0.178. The SMILES string of the molecule is O=S(=O)(C1CCN(CCc2ccccc2F)C1)N1CCCC1. The molecule has 1 atom stereocenters. The van der Waals surface area contributed by atoms with Gasteiger partial charge in [0.1, 0.15) is 5.82 Å². The van der Waals surface area contributed by atoms with Crippen LogP contribution in [0.5, 0.6) is 0 Å². The van der Waals surface area contributed by atoms with Crippen LogP contribution in [0.3, 0.4) is 0 Å². The lowest BCUT2D eigenvalue weighted by molar-refractivity contribution is 0.340. The number of halogens is 1. The summed E-state index contributed by atoms with van der Waals surface area (Å²) in [6.07, 6.45) is 3.27. The van der Waals surface area contributed by atoms with E-state index in [1.54, 1.807) is 16.4 Å². The van der Waals surface area contributed by atoms with Crippen LogP contribution in [0.25, 0.3) is 0 Å². The van der Waals surface area contributed by atoms with E-state index in [2.05, 4.69) is 4.90 Å². The molecule has 0 bridgehead atoms. The Bertz CT molecular complexity index is 614. The van der Waals surface area contributed by atoms with Crippen molar-refractivity contribution in [3.63, 3.8) is 0 Å². The monoisotopic (exact) mass is 326 g/mol. The molecule has 2 heterocycles. The van der Waals surface area contributed by atoms with Gasteiger partial charge in [-0.3, -0.25) is 0 Å². The molecule has 0 N–H and O–H groups in total. The third-order valence-corrected chi connectivity index (χ3v) is 7.04. The summed E-state index contributed by atoms with van der Waals surface area (Å²) < 4.78 is 40.4. The molecule has 0 amide bonds. The zero-order chi connectivity index (χ0) is 15.6. The Balaban J connectivity index is 1.55. The van der Waals surface area contributed by atoms with Crippen LogP contribution in [0.15, 0.2) is 24.3 Å². The van der Waals surface area contributed by atoms with Gasteiger partial charge in [-0.15, -0.1) is 0 Å². The third-order valence-electron chi connectivity index (χ3n) is 4.73. The van der Waals surface area contributed by atoms with E-state index in [1.165, 1.54) is 6.07 Å². The Kier molecular flexibility index (Phi) is 4.80. The lowest BCUT2D eigenvalue weighted by Crippen LogP contribution is -2.38. The average Bonchev–Trinajstić information content (AvgIpc) is 3.18. The van der Waals surface area contributed by atoms with Gasteiger partial charge in [0.05, 0.1) is 5.25 Å². The first kappa shape index (κ1) is 15.9. The van der Waals surface area contributed by atoms with Crippen molar-refractivity contribution in [1.82, 2.24) is 9.21 Å². The van der Waals surface area contributed by atoms with Crippen LogP contribution < -0.4 is 0 Å². The summed E-state index contributed by atoms with van der Waals surface area (Å²) in [5.41, 5.74) is 0.702. The molecule has 6 heteroatoms. The van der Waals surface area contributed by atoms with Gasteiger partial charge in [-0.05, 0) is 43.9 Å². The first-order chi connectivity index (χ1) is 10.6. The molecular weight excluding hydrogens is 303 g/mol. The van der Waals surface area contributed by atoms with E-state index < -0.39 is 10.0 Å². The number of benzene rings is 1. The largest absolute Gasteiger partial charge is 0.302 e. The number of likely N-dealkylation sites (tertiary alicyclic amines) is 1. The third kappa shape index (κ3) is 3.34. The molecule has 3 rings (SSSR count). The summed E-state index contributed by atoms with van der Waals surface area (Å²) >= 11 is 0. The van der Waals surface area contributed by atoms with Gasteiger partial charge in [0.25, 0.3) is 0 Å². The second kappa shape index (κ2) is 6.64. The van der Waals surface area contributed by atoms with Gasteiger partial charge in [-0.25, -0.2) is 17.1 Å². The highest BCUT2D eigenvalue weighted by molar-refractivity contribution is 7.89. The van der Waals surface area contributed by atoms with Crippen LogP contribution in [-0.4, -0.2) is 55.6 Å². The van der Waals surface area contributed by atoms with Gasteiger partial charge in [-0.2, -0.15) is 0 Å². The van der Waals surface area contributed by atoms with Crippen molar-refractivity contribution >= 4 is 10.0 Å². The highest BCUT2D eigenvalue weighted by Gasteiger charge is 2.37. The van der Waals surface area contributed by atoms with E-state index in [-0.39, 0.29) is 11.1 Å². The summed E-state index contributed by atoms with van der Waals surface area (Å²) in [6, 6.07) is 6.79. The van der Waals surface area contributed by atoms with Gasteiger partial charge < -0.3 is 4.90 Å². The molecule has 2 saturated heterocycles. The number of hydrogen-bond donors (Lipinski definition) is 0. The summed E-state index contributed by atoms with van der Waals surface area (Å²) in [5, 5.41) is -0.286. The van der Waals surface area contributed by atoms with Crippen molar-refractivity contribution < 1.29 is 12.8 Å². The molecule has 1 aromatic rings. The van der Waals surface area contributed by atoms with Crippen LogP contribution in [0.1, 0.15) is 24.8 Å². The Morgan fingerprint density at radius 1 is 1.14 bits per heavy atom. The average molecular weight is 326 g/mol. The fourth-order valence-electron chi connectivity index (χ4n) is 3.38. The summed E-state index contributed by atoms with van der Waals surface area (Å²) in [4.78, 5) is 2.14. The second-order valence-electron chi connectivity index (χ2n) is 6.20. The van der Waals surface area contributed by atoms with Gasteiger partial charge in [0.15, 0.2) is 0 Å². The molecule has 0 aliphatic carbocycles. The van der Waals surface area contributed by atoms with Crippen molar-refractivity contribution in [1.29, 1.82) is 0 Å². The van der Waals surface area contributed by atoms with Crippen molar-refractivity contribution in [2.75, 3.05) is 32.7 Å². The Labute approximate surface area is 132 Å². The van der Waals surface area contributed by atoms with E-state index in [9.17, 15) is 12.8 Å². The molecule has 2 aliphatic rings. The number of nitrogens with zero attached hydrogens (tertiary/aromatic N) is 2. The van der Waals surface area contributed by atoms with E-state index in [1.807, 2.05) is 6.07 Å². The quantitative estimate of drug-likeness (QED) is 0.829. The van der Waals surface area contributed by atoms with Crippen LogP contribution in [-0.2, 0) is 16.4 Å². The van der Waals surface area contributed by atoms with Crippen molar-refractivity contribution in [3.05, 3.63) is 35.6 Å². The van der Waals surface area contributed by atoms with Crippen molar-refractivity contribution in [2.45, 2.75) is 30.9 Å². The van der Waals surface area contributed by atoms with Crippen molar-refractivity contribution in [3.8, 4) is 0 Å². The summed E-state index contributed by atoms with van der Waals surface area (Å²) in [6.45, 7) is 3.43. The molecule has 0 spiro atoms. The second-order valence-corrected chi connectivity index (χ2v) is 8.42. The van der Waals surface area contributed by atoms with Crippen LogP contribution in [0.4, 0.5) is 4.39 Å². The highest BCUT2D eigenvalue weighted by atomic mass is 32.2. The maximum Gasteiger partial charge on any atom is 0.218 e. The predicted molar refractivity (Wildman–Crippen MR) is 84.7 cm³/mol. The molecule has 2 fully saturated rings. The lowest BCUT2D eigenvalue weighted by atomic mass is 10.1. The van der Waals surface area contributed by atoms with E-state index in [0.29, 0.717) is 44.6 Å². The minimum atomic E-state index is -3.14. The molecule has 0 aromatic heterocycles.